The molecule has 0 saturated heterocycles. The number of hydrogen-bond acceptors (Lipinski definition) is 6. The van der Waals surface area contributed by atoms with E-state index in [0.717, 1.165) is 25.7 Å². The van der Waals surface area contributed by atoms with Gasteiger partial charge in [-0.2, -0.15) is 0 Å². The number of rotatable bonds is 6. The number of alkyl halides is 2. The first-order valence-corrected chi connectivity index (χ1v) is 22.7. The van der Waals surface area contributed by atoms with Gasteiger partial charge in [0.05, 0.1) is 42.0 Å². The van der Waals surface area contributed by atoms with Gasteiger partial charge in [-0.15, -0.1) is 0 Å². The second-order valence-electron chi connectivity index (χ2n) is 22.9. The molecule has 6 saturated carbocycles. The highest BCUT2D eigenvalue weighted by Crippen LogP contribution is 2.51. The fourth-order valence-corrected chi connectivity index (χ4v) is 10.4. The van der Waals surface area contributed by atoms with Gasteiger partial charge in [0.1, 0.15) is 0 Å². The zero-order chi connectivity index (χ0) is 44.1. The van der Waals surface area contributed by atoms with Crippen molar-refractivity contribution in [3.05, 3.63) is 0 Å². The molecule has 0 aromatic heterocycles. The molecule has 6 aliphatic carbocycles. The maximum absolute atomic E-state index is 12.5. The van der Waals surface area contributed by atoms with E-state index >= 15 is 0 Å². The van der Waals surface area contributed by atoms with Gasteiger partial charge in [-0.25, -0.2) is 8.78 Å². The van der Waals surface area contributed by atoms with Crippen molar-refractivity contribution in [1.82, 2.24) is 0 Å². The summed E-state index contributed by atoms with van der Waals surface area (Å²) in [6.07, 6.45) is 7.62. The molecule has 0 aromatic carbocycles. The quantitative estimate of drug-likeness (QED) is 0.159. The lowest BCUT2D eigenvalue weighted by Crippen LogP contribution is -2.53. The maximum atomic E-state index is 12.5. The minimum absolute atomic E-state index is 0.0231. The molecule has 56 heavy (non-hydrogen) atoms. The van der Waals surface area contributed by atoms with Crippen LogP contribution in [-0.2, 0) is 0 Å². The van der Waals surface area contributed by atoms with Crippen LogP contribution in [0.3, 0.4) is 0 Å². The van der Waals surface area contributed by atoms with E-state index < -0.39 is 17.9 Å². The van der Waals surface area contributed by atoms with E-state index in [2.05, 4.69) is 104 Å². The highest BCUT2D eigenvalue weighted by molar-refractivity contribution is 4.99. The third kappa shape index (κ3) is 13.8. The predicted octanol–water partition coefficient (Wildman–Crippen LogP) is 10.8. The van der Waals surface area contributed by atoms with Crippen LogP contribution in [0.25, 0.3) is 0 Å². The average Bonchev–Trinajstić information content (AvgIpc) is 3.00. The van der Waals surface area contributed by atoms with Gasteiger partial charge in [-0.1, -0.05) is 118 Å². The van der Waals surface area contributed by atoms with Crippen molar-refractivity contribution in [1.29, 1.82) is 0 Å². The summed E-state index contributed by atoms with van der Waals surface area (Å²) in [5, 5.41) is 55.9. The van der Waals surface area contributed by atoms with Crippen molar-refractivity contribution in [2.45, 2.75) is 224 Å². The Balaban J connectivity index is 0.000000337. The van der Waals surface area contributed by atoms with Crippen LogP contribution in [0.5, 0.6) is 0 Å². The fraction of sp³-hybridized carbons (Fsp3) is 1.00. The van der Waals surface area contributed by atoms with E-state index in [0.29, 0.717) is 58.7 Å². The van der Waals surface area contributed by atoms with E-state index in [-0.39, 0.29) is 53.2 Å². The first kappa shape index (κ1) is 53.6. The molecule has 0 amide bonds. The van der Waals surface area contributed by atoms with Crippen molar-refractivity contribution >= 4 is 0 Å². The van der Waals surface area contributed by atoms with Crippen molar-refractivity contribution in [3.63, 3.8) is 0 Å². The van der Waals surface area contributed by atoms with Crippen LogP contribution in [0, 0.1) is 81.3 Å². The molecule has 0 aromatic rings. The third-order valence-electron chi connectivity index (χ3n) is 15.4. The van der Waals surface area contributed by atoms with Gasteiger partial charge in [0, 0.05) is 6.42 Å². The monoisotopic (exact) mass is 805 g/mol. The lowest BCUT2D eigenvalue weighted by atomic mass is 9.56. The molecule has 6 rings (SSSR count). The molecule has 6 nitrogen and oxygen atoms in total. The van der Waals surface area contributed by atoms with Crippen molar-refractivity contribution in [2.75, 3.05) is 0 Å². The Hall–Kier alpha value is -0.380. The van der Waals surface area contributed by atoms with Gasteiger partial charge in [0.2, 0.25) is 0 Å². The molecule has 0 bridgehead atoms. The van der Waals surface area contributed by atoms with Gasteiger partial charge >= 0.3 is 0 Å². The van der Waals surface area contributed by atoms with E-state index in [1.807, 2.05) is 6.92 Å². The van der Waals surface area contributed by atoms with Crippen LogP contribution in [0.1, 0.15) is 182 Å². The van der Waals surface area contributed by atoms with E-state index in [1.54, 1.807) is 13.8 Å². The van der Waals surface area contributed by atoms with Crippen LogP contribution >= 0.6 is 0 Å². The van der Waals surface area contributed by atoms with Crippen LogP contribution in [-0.4, -0.2) is 72.7 Å². The van der Waals surface area contributed by atoms with Gasteiger partial charge in [-0.3, -0.25) is 0 Å². The largest absolute Gasteiger partial charge is 0.393 e. The molecular formula is C48H94F2O6. The summed E-state index contributed by atoms with van der Waals surface area (Å²) in [5.74, 6) is 1.89. The second-order valence-corrected chi connectivity index (χ2v) is 22.9. The Morgan fingerprint density at radius 3 is 1.02 bits per heavy atom. The molecule has 0 spiro atoms. The zero-order valence-corrected chi connectivity index (χ0v) is 39.5. The minimum Gasteiger partial charge on any atom is -0.393 e. The molecule has 12 unspecified atom stereocenters. The topological polar surface area (TPSA) is 121 Å². The molecule has 0 aliphatic heterocycles. The molecule has 6 fully saturated rings. The Bertz CT molecular complexity index is 1080. The highest BCUT2D eigenvalue weighted by Gasteiger charge is 2.56. The van der Waals surface area contributed by atoms with Crippen molar-refractivity contribution in [3.8, 4) is 0 Å². The second kappa shape index (κ2) is 20.9. The first-order chi connectivity index (χ1) is 25.2. The summed E-state index contributed by atoms with van der Waals surface area (Å²) in [5.41, 5.74) is 0.469. The molecule has 6 N–H and O–H groups in total. The fourth-order valence-electron chi connectivity index (χ4n) is 10.4. The third-order valence-corrected chi connectivity index (χ3v) is 15.4. The van der Waals surface area contributed by atoms with Gasteiger partial charge in [-0.05, 0) is 134 Å². The summed E-state index contributed by atoms with van der Waals surface area (Å²) < 4.78 is 25.1. The highest BCUT2D eigenvalue weighted by atomic mass is 19.3. The van der Waals surface area contributed by atoms with Crippen LogP contribution in [0.4, 0.5) is 8.78 Å². The predicted molar refractivity (Wildman–Crippen MR) is 229 cm³/mol. The number of halogens is 2. The zero-order valence-electron chi connectivity index (χ0n) is 39.5. The van der Waals surface area contributed by atoms with Gasteiger partial charge < -0.3 is 30.6 Å². The van der Waals surface area contributed by atoms with Crippen molar-refractivity contribution in [2.24, 2.45) is 81.3 Å². The van der Waals surface area contributed by atoms with E-state index in [1.165, 1.54) is 25.7 Å². The van der Waals surface area contributed by atoms with Crippen molar-refractivity contribution < 1.29 is 39.4 Å². The van der Waals surface area contributed by atoms with Crippen LogP contribution in [0.2, 0.25) is 0 Å². The van der Waals surface area contributed by atoms with Crippen LogP contribution in [0.15, 0.2) is 0 Å². The Labute approximate surface area is 344 Å². The first-order valence-electron chi connectivity index (χ1n) is 22.7. The lowest BCUT2D eigenvalue weighted by molar-refractivity contribution is -0.217. The summed E-state index contributed by atoms with van der Waals surface area (Å²) >= 11 is 0. The molecule has 336 valence electrons. The molecule has 0 radical (unpaired) electrons. The number of hydrogen-bond donors (Lipinski definition) is 6. The Morgan fingerprint density at radius 2 is 0.964 bits per heavy atom. The van der Waals surface area contributed by atoms with Gasteiger partial charge in [0.15, 0.2) is 0 Å². The van der Waals surface area contributed by atoms with E-state index in [9.17, 15) is 29.2 Å². The Morgan fingerprint density at radius 1 is 0.482 bits per heavy atom. The normalized spacial score (nSPS) is 39.4. The molecular weight excluding hydrogens is 711 g/mol. The summed E-state index contributed by atoms with van der Waals surface area (Å²) in [4.78, 5) is 0. The molecule has 6 aliphatic rings. The SMILES string of the molecule is CC(C)C1(C)CCC1O.CC(C)C1C(O)CC1(C)C.CC(C)C1C(O)CC1(F)F.CC(C)C1CC(C)(C)C1O.CC(C)C1CCC1(C)O.CC(C)C1CCC1O. The average molecular weight is 805 g/mol. The van der Waals surface area contributed by atoms with Crippen LogP contribution < -0.4 is 0 Å². The lowest BCUT2D eigenvalue weighted by Gasteiger charge is -2.51. The summed E-state index contributed by atoms with van der Waals surface area (Å²) in [7, 11) is 0. The summed E-state index contributed by atoms with van der Waals surface area (Å²) in [6, 6.07) is 0. The molecule has 0 heterocycles. The smallest absolute Gasteiger partial charge is 0.256 e. The van der Waals surface area contributed by atoms with Gasteiger partial charge in [0.25, 0.3) is 5.92 Å². The maximum Gasteiger partial charge on any atom is 0.256 e. The number of aliphatic hydroxyl groups excluding tert-OH is 5. The minimum atomic E-state index is -2.62. The van der Waals surface area contributed by atoms with E-state index in [4.69, 9.17) is 10.2 Å². The molecule has 8 heteroatoms. The number of aliphatic hydroxyl groups is 6. The standard InChI is InChI=1S/2C9H18O.2C8H16O.C7H12F2O.C7H14O/c1-6(2)8-7(10)5-9(8,3)4;1-6(2)7-5-9(3,4)8(7)10;1-6(2)8(3)5-4-7(8)9;1-6(2)7-4-5-8(7,3)9;1-4(2)6-5(10)3-7(6,8)9;1-5(2)6-3-4-7(6)8/h2*6-8,10H,5H2,1-4H3;2*6-7,9H,4-5H2,1-3H3;4-6,10H,3H2,1-2H3;5-8H,3-4H2,1-2H3. The summed E-state index contributed by atoms with van der Waals surface area (Å²) in [6.45, 7) is 38.1. The molecule has 12 atom stereocenters. The Kier molecular flexibility index (Phi) is 20.0.